The van der Waals surface area contributed by atoms with Gasteiger partial charge in [0.2, 0.25) is 0 Å². The van der Waals surface area contributed by atoms with Gasteiger partial charge in [-0.15, -0.1) is 0 Å². The SMILES string of the molecule is CC(C)(C)SCCC1(N)CC1. The zero-order valence-electron chi connectivity index (χ0n) is 7.81. The summed E-state index contributed by atoms with van der Waals surface area (Å²) in [6, 6.07) is 0. The van der Waals surface area contributed by atoms with Crippen LogP contribution in [0.3, 0.4) is 0 Å². The summed E-state index contributed by atoms with van der Waals surface area (Å²) in [5.74, 6) is 1.22. The molecule has 1 aliphatic carbocycles. The first-order valence-corrected chi connectivity index (χ1v) is 5.33. The van der Waals surface area contributed by atoms with Crippen molar-refractivity contribution in [2.24, 2.45) is 5.73 Å². The van der Waals surface area contributed by atoms with Gasteiger partial charge in [0.25, 0.3) is 0 Å². The largest absolute Gasteiger partial charge is 0.325 e. The lowest BCUT2D eigenvalue weighted by Gasteiger charge is -2.18. The Bertz CT molecular complexity index is 128. The summed E-state index contributed by atoms with van der Waals surface area (Å²) >= 11 is 2.02. The molecule has 0 spiro atoms. The number of thioether (sulfide) groups is 1. The van der Waals surface area contributed by atoms with Crippen LogP contribution in [-0.2, 0) is 0 Å². The van der Waals surface area contributed by atoms with Crippen molar-refractivity contribution < 1.29 is 0 Å². The minimum atomic E-state index is 0.248. The molecule has 0 unspecified atom stereocenters. The van der Waals surface area contributed by atoms with E-state index in [1.54, 1.807) is 0 Å². The molecule has 0 radical (unpaired) electrons. The van der Waals surface area contributed by atoms with Crippen LogP contribution in [0.5, 0.6) is 0 Å². The molecule has 1 saturated carbocycles. The molecule has 0 bridgehead atoms. The second kappa shape index (κ2) is 2.98. The van der Waals surface area contributed by atoms with Gasteiger partial charge in [0.05, 0.1) is 0 Å². The van der Waals surface area contributed by atoms with Gasteiger partial charge in [-0.05, 0) is 25.0 Å². The number of rotatable bonds is 3. The molecule has 1 nitrogen and oxygen atoms in total. The molecule has 0 amide bonds. The van der Waals surface area contributed by atoms with Crippen molar-refractivity contribution in [1.29, 1.82) is 0 Å². The fraction of sp³-hybridized carbons (Fsp3) is 1.00. The van der Waals surface area contributed by atoms with Gasteiger partial charge >= 0.3 is 0 Å². The Morgan fingerprint density at radius 2 is 1.91 bits per heavy atom. The van der Waals surface area contributed by atoms with E-state index < -0.39 is 0 Å². The quantitative estimate of drug-likeness (QED) is 0.709. The predicted molar refractivity (Wildman–Crippen MR) is 53.0 cm³/mol. The summed E-state index contributed by atoms with van der Waals surface area (Å²) < 4.78 is 0.408. The lowest BCUT2D eigenvalue weighted by Crippen LogP contribution is -2.23. The Labute approximate surface area is 74.1 Å². The highest BCUT2D eigenvalue weighted by atomic mass is 32.2. The van der Waals surface area contributed by atoms with Crippen LogP contribution in [0, 0.1) is 0 Å². The third kappa shape index (κ3) is 4.02. The lowest BCUT2D eigenvalue weighted by molar-refractivity contribution is 0.653. The molecule has 0 heterocycles. The van der Waals surface area contributed by atoms with Crippen LogP contribution >= 0.6 is 11.8 Å². The van der Waals surface area contributed by atoms with Crippen molar-refractivity contribution in [2.75, 3.05) is 5.75 Å². The first kappa shape index (κ1) is 9.40. The summed E-state index contributed by atoms with van der Waals surface area (Å²) in [7, 11) is 0. The van der Waals surface area contributed by atoms with Crippen molar-refractivity contribution in [1.82, 2.24) is 0 Å². The van der Waals surface area contributed by atoms with Crippen LogP contribution in [0.1, 0.15) is 40.0 Å². The second-order valence-corrected chi connectivity index (χ2v) is 6.49. The number of nitrogens with two attached hydrogens (primary N) is 1. The first-order valence-electron chi connectivity index (χ1n) is 4.34. The Morgan fingerprint density at radius 1 is 1.36 bits per heavy atom. The van der Waals surface area contributed by atoms with Crippen LogP contribution < -0.4 is 5.73 Å². The molecule has 0 aliphatic heterocycles. The standard InChI is InChI=1S/C9H19NS/c1-8(2,3)11-7-6-9(10)4-5-9/h4-7,10H2,1-3H3. The van der Waals surface area contributed by atoms with Gasteiger partial charge < -0.3 is 5.73 Å². The van der Waals surface area contributed by atoms with Crippen molar-refractivity contribution >= 4 is 11.8 Å². The van der Waals surface area contributed by atoms with Gasteiger partial charge in [-0.2, -0.15) is 11.8 Å². The van der Waals surface area contributed by atoms with Crippen LogP contribution in [0.25, 0.3) is 0 Å². The summed E-state index contributed by atoms with van der Waals surface area (Å²) in [6.45, 7) is 6.77. The molecule has 66 valence electrons. The van der Waals surface area contributed by atoms with E-state index in [0.29, 0.717) is 4.75 Å². The normalized spacial score (nSPS) is 21.8. The van der Waals surface area contributed by atoms with Gasteiger partial charge in [0, 0.05) is 10.3 Å². The zero-order chi connectivity index (χ0) is 8.54. The minimum Gasteiger partial charge on any atom is -0.325 e. The average molecular weight is 173 g/mol. The Balaban J connectivity index is 2.05. The predicted octanol–water partition coefficient (Wildman–Crippen LogP) is 2.40. The van der Waals surface area contributed by atoms with E-state index in [1.807, 2.05) is 11.8 Å². The van der Waals surface area contributed by atoms with E-state index in [0.717, 1.165) is 0 Å². The smallest absolute Gasteiger partial charge is 0.0163 e. The highest BCUT2D eigenvalue weighted by Crippen LogP contribution is 2.37. The van der Waals surface area contributed by atoms with Gasteiger partial charge in [-0.1, -0.05) is 20.8 Å². The van der Waals surface area contributed by atoms with Crippen LogP contribution in [0.2, 0.25) is 0 Å². The molecule has 0 aromatic rings. The summed E-state index contributed by atoms with van der Waals surface area (Å²) in [5.41, 5.74) is 6.21. The fourth-order valence-electron chi connectivity index (χ4n) is 0.971. The third-order valence-corrected chi connectivity index (χ3v) is 3.30. The van der Waals surface area contributed by atoms with E-state index in [1.165, 1.54) is 25.0 Å². The van der Waals surface area contributed by atoms with Crippen LogP contribution in [0.15, 0.2) is 0 Å². The molecule has 0 aromatic heterocycles. The molecule has 1 fully saturated rings. The minimum absolute atomic E-state index is 0.248. The van der Waals surface area contributed by atoms with Gasteiger partial charge in [0.15, 0.2) is 0 Å². The van der Waals surface area contributed by atoms with Crippen LogP contribution in [-0.4, -0.2) is 16.0 Å². The average Bonchev–Trinajstić information content (AvgIpc) is 2.44. The summed E-state index contributed by atoms with van der Waals surface area (Å²) in [5, 5.41) is 0. The highest BCUT2D eigenvalue weighted by molar-refractivity contribution is 8.00. The van der Waals surface area contributed by atoms with Crippen molar-refractivity contribution in [3.05, 3.63) is 0 Å². The maximum atomic E-state index is 5.96. The van der Waals surface area contributed by atoms with E-state index in [-0.39, 0.29) is 5.54 Å². The molecule has 2 heteroatoms. The second-order valence-electron chi connectivity index (χ2n) is 4.57. The van der Waals surface area contributed by atoms with Gasteiger partial charge in [-0.25, -0.2) is 0 Å². The molecule has 1 aliphatic rings. The number of hydrogen-bond donors (Lipinski definition) is 1. The molecule has 0 saturated heterocycles. The number of hydrogen-bond acceptors (Lipinski definition) is 2. The topological polar surface area (TPSA) is 26.0 Å². The fourth-order valence-corrected chi connectivity index (χ4v) is 2.09. The van der Waals surface area contributed by atoms with Gasteiger partial charge in [-0.3, -0.25) is 0 Å². The Hall–Kier alpha value is 0.310. The summed E-state index contributed by atoms with van der Waals surface area (Å²) in [4.78, 5) is 0. The Kier molecular flexibility index (Phi) is 2.55. The van der Waals surface area contributed by atoms with Crippen LogP contribution in [0.4, 0.5) is 0 Å². The van der Waals surface area contributed by atoms with Gasteiger partial charge in [0.1, 0.15) is 0 Å². The first-order chi connectivity index (χ1) is 4.91. The van der Waals surface area contributed by atoms with Crippen molar-refractivity contribution in [2.45, 2.75) is 50.3 Å². The molecule has 11 heavy (non-hydrogen) atoms. The van der Waals surface area contributed by atoms with E-state index >= 15 is 0 Å². The van der Waals surface area contributed by atoms with E-state index in [4.69, 9.17) is 5.73 Å². The monoisotopic (exact) mass is 173 g/mol. The molecular weight excluding hydrogens is 154 g/mol. The maximum absolute atomic E-state index is 5.96. The van der Waals surface area contributed by atoms with E-state index in [9.17, 15) is 0 Å². The molecule has 0 atom stereocenters. The van der Waals surface area contributed by atoms with Crippen molar-refractivity contribution in [3.63, 3.8) is 0 Å². The lowest BCUT2D eigenvalue weighted by atomic mass is 10.2. The maximum Gasteiger partial charge on any atom is 0.0163 e. The highest BCUT2D eigenvalue weighted by Gasteiger charge is 2.37. The van der Waals surface area contributed by atoms with Crippen molar-refractivity contribution in [3.8, 4) is 0 Å². The zero-order valence-corrected chi connectivity index (χ0v) is 8.63. The Morgan fingerprint density at radius 3 is 2.27 bits per heavy atom. The molecule has 1 rings (SSSR count). The summed E-state index contributed by atoms with van der Waals surface area (Å²) in [6.07, 6.45) is 3.70. The molecular formula is C9H19NS. The molecule has 2 N–H and O–H groups in total. The van der Waals surface area contributed by atoms with E-state index in [2.05, 4.69) is 20.8 Å². The molecule has 0 aromatic carbocycles. The third-order valence-electron chi connectivity index (χ3n) is 2.03.